The van der Waals surface area contributed by atoms with Crippen LogP contribution in [0, 0.1) is 6.92 Å². The lowest BCUT2D eigenvalue weighted by Gasteiger charge is -2.28. The van der Waals surface area contributed by atoms with Crippen molar-refractivity contribution in [1.29, 1.82) is 0 Å². The molecule has 6 nitrogen and oxygen atoms in total. The topological polar surface area (TPSA) is 67.1 Å². The van der Waals surface area contributed by atoms with E-state index in [4.69, 9.17) is 5.11 Å². The van der Waals surface area contributed by atoms with E-state index in [-0.39, 0.29) is 5.75 Å². The summed E-state index contributed by atoms with van der Waals surface area (Å²) < 4.78 is 2.21. The number of aromatic nitrogens is 4. The van der Waals surface area contributed by atoms with Gasteiger partial charge in [0.25, 0.3) is 0 Å². The molecule has 88 valence electrons. The molecule has 1 aliphatic heterocycles. The summed E-state index contributed by atoms with van der Waals surface area (Å²) in [5, 5.41) is 9.16. The van der Waals surface area contributed by atoms with E-state index < -0.39 is 0 Å². The molecule has 2 aromatic heterocycles. The molecule has 0 spiro atoms. The van der Waals surface area contributed by atoms with Crippen molar-refractivity contribution in [2.45, 2.75) is 20.0 Å². The van der Waals surface area contributed by atoms with Gasteiger partial charge in [-0.05, 0) is 6.92 Å². The van der Waals surface area contributed by atoms with Gasteiger partial charge in [-0.25, -0.2) is 15.0 Å². The van der Waals surface area contributed by atoms with Gasteiger partial charge in [0.1, 0.15) is 5.82 Å². The van der Waals surface area contributed by atoms with Crippen molar-refractivity contribution in [3.63, 3.8) is 0 Å². The van der Waals surface area contributed by atoms with Crippen LogP contribution in [0.5, 0.6) is 5.75 Å². The van der Waals surface area contributed by atoms with Gasteiger partial charge in [-0.3, -0.25) is 0 Å². The van der Waals surface area contributed by atoms with Crippen LogP contribution >= 0.6 is 0 Å². The van der Waals surface area contributed by atoms with Crippen LogP contribution in [0.15, 0.2) is 18.6 Å². The third kappa shape index (κ3) is 1.71. The fourth-order valence-electron chi connectivity index (χ4n) is 2.06. The molecule has 3 heterocycles. The first-order chi connectivity index (χ1) is 8.24. The Kier molecular flexibility index (Phi) is 2.21. The van der Waals surface area contributed by atoms with E-state index in [9.17, 15) is 0 Å². The second kappa shape index (κ2) is 3.73. The largest absolute Gasteiger partial charge is 0.505 e. The number of hydrogen-bond donors (Lipinski definition) is 1. The van der Waals surface area contributed by atoms with Crippen LogP contribution in [0.4, 0.5) is 5.95 Å². The molecule has 0 atom stereocenters. The summed E-state index contributed by atoms with van der Waals surface area (Å²) in [6, 6.07) is 0. The molecule has 0 saturated heterocycles. The minimum Gasteiger partial charge on any atom is -0.505 e. The average Bonchev–Trinajstić information content (AvgIpc) is 2.72. The predicted molar refractivity (Wildman–Crippen MR) is 61.7 cm³/mol. The monoisotopic (exact) mass is 231 g/mol. The van der Waals surface area contributed by atoms with Crippen LogP contribution in [0.2, 0.25) is 0 Å². The number of aryl methyl sites for hydroxylation is 1. The molecule has 0 bridgehead atoms. The van der Waals surface area contributed by atoms with Crippen molar-refractivity contribution < 1.29 is 5.11 Å². The fraction of sp³-hybridized carbons (Fsp3) is 0.364. The van der Waals surface area contributed by atoms with Gasteiger partial charge in [0.2, 0.25) is 5.95 Å². The van der Waals surface area contributed by atoms with Crippen LogP contribution in [0.3, 0.4) is 0 Å². The summed E-state index contributed by atoms with van der Waals surface area (Å²) in [5.74, 6) is 1.75. The van der Waals surface area contributed by atoms with Gasteiger partial charge < -0.3 is 14.6 Å². The van der Waals surface area contributed by atoms with E-state index in [1.165, 1.54) is 18.1 Å². The summed E-state index contributed by atoms with van der Waals surface area (Å²) in [4.78, 5) is 14.6. The normalized spacial score (nSPS) is 14.8. The molecule has 17 heavy (non-hydrogen) atoms. The Hall–Kier alpha value is -2.11. The minimum absolute atomic E-state index is 0.0862. The molecule has 3 rings (SSSR count). The average molecular weight is 231 g/mol. The van der Waals surface area contributed by atoms with E-state index in [1.807, 2.05) is 6.20 Å². The van der Waals surface area contributed by atoms with Crippen LogP contribution < -0.4 is 4.90 Å². The Bertz CT molecular complexity index is 533. The molecule has 2 aromatic rings. The zero-order valence-electron chi connectivity index (χ0n) is 9.54. The first-order valence-corrected chi connectivity index (χ1v) is 5.51. The molecule has 0 fully saturated rings. The van der Waals surface area contributed by atoms with Crippen molar-refractivity contribution in [3.8, 4) is 5.75 Å². The summed E-state index contributed by atoms with van der Waals surface area (Å²) in [6.07, 6.45) is 4.71. The maximum Gasteiger partial charge on any atom is 0.225 e. The minimum atomic E-state index is 0.0862. The highest BCUT2D eigenvalue weighted by atomic mass is 16.3. The standard InChI is InChI=1S/C11H13N5O/c1-8-4-12-10-7-15(2-3-16(8)10)11-13-5-9(17)6-14-11/h4-6,17H,2-3,7H2,1H3. The Morgan fingerprint density at radius 3 is 2.65 bits per heavy atom. The van der Waals surface area contributed by atoms with E-state index >= 15 is 0 Å². The van der Waals surface area contributed by atoms with Crippen LogP contribution in [0.25, 0.3) is 0 Å². The van der Waals surface area contributed by atoms with Crippen molar-refractivity contribution in [1.82, 2.24) is 19.5 Å². The summed E-state index contributed by atoms with van der Waals surface area (Å²) in [5.41, 5.74) is 1.19. The maximum absolute atomic E-state index is 9.16. The first-order valence-electron chi connectivity index (χ1n) is 5.51. The molecule has 0 saturated carbocycles. The van der Waals surface area contributed by atoms with Gasteiger partial charge >= 0.3 is 0 Å². The van der Waals surface area contributed by atoms with Crippen molar-refractivity contribution in [2.75, 3.05) is 11.4 Å². The van der Waals surface area contributed by atoms with Crippen LogP contribution in [-0.4, -0.2) is 31.2 Å². The molecular weight excluding hydrogens is 218 g/mol. The lowest BCUT2D eigenvalue weighted by Crippen LogP contribution is -2.35. The highest BCUT2D eigenvalue weighted by Crippen LogP contribution is 2.18. The zero-order chi connectivity index (χ0) is 11.8. The smallest absolute Gasteiger partial charge is 0.225 e. The van der Waals surface area contributed by atoms with Gasteiger partial charge in [-0.15, -0.1) is 0 Å². The first kappa shape index (κ1) is 10.1. The lowest BCUT2D eigenvalue weighted by molar-refractivity contribution is 0.468. The van der Waals surface area contributed by atoms with E-state index in [2.05, 4.69) is 31.3 Å². The number of fused-ring (bicyclic) bond motifs is 1. The van der Waals surface area contributed by atoms with E-state index in [0.29, 0.717) is 12.5 Å². The third-order valence-corrected chi connectivity index (χ3v) is 2.97. The maximum atomic E-state index is 9.16. The van der Waals surface area contributed by atoms with Crippen molar-refractivity contribution >= 4 is 5.95 Å². The molecule has 0 radical (unpaired) electrons. The Morgan fingerprint density at radius 1 is 1.12 bits per heavy atom. The van der Waals surface area contributed by atoms with Gasteiger partial charge in [0, 0.05) is 25.0 Å². The SMILES string of the molecule is Cc1cnc2n1CCN(c1ncc(O)cn1)C2. The Morgan fingerprint density at radius 2 is 1.88 bits per heavy atom. The molecule has 0 unspecified atom stereocenters. The summed E-state index contributed by atoms with van der Waals surface area (Å²) in [7, 11) is 0. The van der Waals surface area contributed by atoms with Gasteiger partial charge in [0.15, 0.2) is 5.75 Å². The van der Waals surface area contributed by atoms with Gasteiger partial charge in [-0.2, -0.15) is 0 Å². The number of anilines is 1. The Balaban J connectivity index is 1.86. The van der Waals surface area contributed by atoms with Crippen LogP contribution in [0.1, 0.15) is 11.5 Å². The molecule has 0 amide bonds. The number of aromatic hydroxyl groups is 1. The molecule has 1 aliphatic rings. The molecule has 0 aliphatic carbocycles. The summed E-state index contributed by atoms with van der Waals surface area (Å²) >= 11 is 0. The van der Waals surface area contributed by atoms with E-state index in [0.717, 1.165) is 18.9 Å². The highest BCUT2D eigenvalue weighted by Gasteiger charge is 2.20. The van der Waals surface area contributed by atoms with Gasteiger partial charge in [0.05, 0.1) is 18.9 Å². The highest BCUT2D eigenvalue weighted by molar-refractivity contribution is 5.32. The van der Waals surface area contributed by atoms with E-state index in [1.54, 1.807) is 0 Å². The third-order valence-electron chi connectivity index (χ3n) is 2.97. The van der Waals surface area contributed by atoms with Crippen LogP contribution in [-0.2, 0) is 13.1 Å². The number of imidazole rings is 1. The lowest BCUT2D eigenvalue weighted by atomic mass is 10.3. The second-order valence-electron chi connectivity index (χ2n) is 4.13. The number of nitrogens with zero attached hydrogens (tertiary/aromatic N) is 5. The quantitative estimate of drug-likeness (QED) is 0.782. The predicted octanol–water partition coefficient (Wildman–Crippen LogP) is 0.707. The molecular formula is C11H13N5O. The molecule has 6 heteroatoms. The molecule has 1 N–H and O–H groups in total. The molecule has 0 aromatic carbocycles. The summed E-state index contributed by atoms with van der Waals surface area (Å²) in [6.45, 7) is 4.52. The Labute approximate surface area is 98.6 Å². The number of rotatable bonds is 1. The second-order valence-corrected chi connectivity index (χ2v) is 4.13. The fourth-order valence-corrected chi connectivity index (χ4v) is 2.06. The number of hydrogen-bond acceptors (Lipinski definition) is 5. The van der Waals surface area contributed by atoms with Gasteiger partial charge in [-0.1, -0.05) is 0 Å². The van der Waals surface area contributed by atoms with Crippen molar-refractivity contribution in [3.05, 3.63) is 30.1 Å². The van der Waals surface area contributed by atoms with Crippen molar-refractivity contribution in [2.24, 2.45) is 0 Å². The zero-order valence-corrected chi connectivity index (χ0v) is 9.54.